The maximum atomic E-state index is 12.9. The lowest BCUT2D eigenvalue weighted by molar-refractivity contribution is 0.103. The fraction of sp³-hybridized carbons (Fsp3) is 0. The van der Waals surface area contributed by atoms with Gasteiger partial charge in [0.1, 0.15) is 11.6 Å². The van der Waals surface area contributed by atoms with E-state index in [0.29, 0.717) is 22.3 Å². The highest BCUT2D eigenvalue weighted by atomic mass is 79.9. The van der Waals surface area contributed by atoms with E-state index >= 15 is 0 Å². The van der Waals surface area contributed by atoms with Crippen LogP contribution in [0.2, 0.25) is 0 Å². The first-order chi connectivity index (χ1) is 17.3. The second kappa shape index (κ2) is 13.6. The third kappa shape index (κ3) is 8.95. The molecule has 0 fully saturated rings. The van der Waals surface area contributed by atoms with Crippen molar-refractivity contribution in [3.63, 3.8) is 0 Å². The highest BCUT2D eigenvalue weighted by Crippen LogP contribution is 2.14. The zero-order chi connectivity index (χ0) is 25.9. The van der Waals surface area contributed by atoms with Crippen molar-refractivity contribution in [3.8, 4) is 0 Å². The molecule has 0 saturated carbocycles. The Hall–Kier alpha value is -3.48. The smallest absolute Gasteiger partial charge is 0.185 e. The van der Waals surface area contributed by atoms with Crippen molar-refractivity contribution in [2.75, 3.05) is 0 Å². The quantitative estimate of drug-likeness (QED) is 0.161. The maximum absolute atomic E-state index is 12.9. The van der Waals surface area contributed by atoms with Gasteiger partial charge in [0.25, 0.3) is 0 Å². The Morgan fingerprint density at radius 3 is 1.25 bits per heavy atom. The minimum absolute atomic E-state index is 0.105. The lowest BCUT2D eigenvalue weighted by atomic mass is 10.1. The van der Waals surface area contributed by atoms with Gasteiger partial charge in [-0.2, -0.15) is 0 Å². The molecule has 0 unspecified atom stereocenters. The van der Waals surface area contributed by atoms with Crippen LogP contribution in [0, 0.1) is 11.6 Å². The normalized spacial score (nSPS) is 10.8. The van der Waals surface area contributed by atoms with Crippen LogP contribution < -0.4 is 0 Å². The number of allylic oxidation sites excluding steroid dienone is 2. The van der Waals surface area contributed by atoms with Crippen LogP contribution >= 0.6 is 31.9 Å². The molecule has 0 saturated heterocycles. The largest absolute Gasteiger partial charge is 0.289 e. The van der Waals surface area contributed by atoms with E-state index in [-0.39, 0.29) is 23.2 Å². The molecule has 0 amide bonds. The molecule has 0 spiro atoms. The van der Waals surface area contributed by atoms with Crippen molar-refractivity contribution >= 4 is 55.6 Å². The van der Waals surface area contributed by atoms with E-state index in [1.807, 2.05) is 24.3 Å². The zero-order valence-electron chi connectivity index (χ0n) is 18.9. The molecule has 4 aromatic rings. The van der Waals surface area contributed by atoms with Gasteiger partial charge in [0.05, 0.1) is 0 Å². The van der Waals surface area contributed by atoms with Gasteiger partial charge < -0.3 is 0 Å². The number of halogens is 4. The minimum atomic E-state index is -0.312. The monoisotopic (exact) mass is 608 g/mol. The van der Waals surface area contributed by atoms with E-state index < -0.39 is 0 Å². The predicted octanol–water partition coefficient (Wildman–Crippen LogP) is 8.97. The van der Waals surface area contributed by atoms with E-state index in [9.17, 15) is 18.4 Å². The average molecular weight is 610 g/mol. The molecule has 0 bridgehead atoms. The Bertz CT molecular complexity index is 1280. The van der Waals surface area contributed by atoms with Gasteiger partial charge in [-0.1, -0.05) is 68.3 Å². The first-order valence-corrected chi connectivity index (χ1v) is 12.4. The van der Waals surface area contributed by atoms with Crippen molar-refractivity contribution < 1.29 is 18.4 Å². The second-order valence-electron chi connectivity index (χ2n) is 7.52. The van der Waals surface area contributed by atoms with Crippen LogP contribution in [0.4, 0.5) is 8.78 Å². The molecule has 0 aromatic heterocycles. The number of carbonyl (C=O) groups excluding carboxylic acids is 2. The molecule has 0 N–H and O–H groups in total. The van der Waals surface area contributed by atoms with Gasteiger partial charge >= 0.3 is 0 Å². The van der Waals surface area contributed by atoms with E-state index in [0.717, 1.165) is 8.95 Å². The molecule has 0 atom stereocenters. The molecule has 0 heterocycles. The van der Waals surface area contributed by atoms with Crippen LogP contribution in [-0.4, -0.2) is 11.6 Å². The van der Waals surface area contributed by atoms with Crippen LogP contribution in [0.1, 0.15) is 31.8 Å². The lowest BCUT2D eigenvalue weighted by Crippen LogP contribution is -1.93. The summed E-state index contributed by atoms with van der Waals surface area (Å²) in [5.41, 5.74) is 2.54. The molecular formula is C30H20Br2F2O2. The van der Waals surface area contributed by atoms with Gasteiger partial charge in [-0.15, -0.1) is 0 Å². The number of rotatable bonds is 6. The summed E-state index contributed by atoms with van der Waals surface area (Å²) in [5.74, 6) is -0.833. The van der Waals surface area contributed by atoms with Crippen molar-refractivity contribution in [2.45, 2.75) is 0 Å². The molecule has 2 nitrogen and oxygen atoms in total. The number of carbonyl (C=O) groups is 2. The second-order valence-corrected chi connectivity index (χ2v) is 9.35. The van der Waals surface area contributed by atoms with Crippen LogP contribution in [0.25, 0.3) is 12.2 Å². The van der Waals surface area contributed by atoms with E-state index in [2.05, 4.69) is 31.9 Å². The lowest BCUT2D eigenvalue weighted by Gasteiger charge is -1.96. The first kappa shape index (κ1) is 27.1. The SMILES string of the molecule is O=C(/C=C/c1cccc(F)c1)c1ccc(Br)cc1.O=C(/C=C/c1cccc(F)c1)c1ccc(Br)cc1. The van der Waals surface area contributed by atoms with E-state index in [1.165, 1.54) is 36.4 Å². The molecule has 180 valence electrons. The van der Waals surface area contributed by atoms with E-state index in [1.54, 1.807) is 60.7 Å². The zero-order valence-corrected chi connectivity index (χ0v) is 22.0. The molecule has 36 heavy (non-hydrogen) atoms. The Labute approximate surface area is 225 Å². The molecule has 0 radical (unpaired) electrons. The number of hydrogen-bond donors (Lipinski definition) is 0. The highest BCUT2D eigenvalue weighted by Gasteiger charge is 2.02. The summed E-state index contributed by atoms with van der Waals surface area (Å²) in [4.78, 5) is 23.6. The van der Waals surface area contributed by atoms with Gasteiger partial charge in [-0.05, 0) is 96.1 Å². The Morgan fingerprint density at radius 2 is 0.917 bits per heavy atom. The van der Waals surface area contributed by atoms with Crippen LogP contribution in [0.5, 0.6) is 0 Å². The van der Waals surface area contributed by atoms with Crippen molar-refractivity contribution in [3.05, 3.63) is 152 Å². The fourth-order valence-electron chi connectivity index (χ4n) is 2.99. The Balaban J connectivity index is 0.000000201. The van der Waals surface area contributed by atoms with Gasteiger partial charge in [-0.3, -0.25) is 9.59 Å². The van der Waals surface area contributed by atoms with Crippen molar-refractivity contribution in [1.82, 2.24) is 0 Å². The maximum Gasteiger partial charge on any atom is 0.185 e. The van der Waals surface area contributed by atoms with Crippen LogP contribution in [0.3, 0.4) is 0 Å². The molecule has 0 aliphatic rings. The van der Waals surface area contributed by atoms with Gasteiger partial charge in [-0.25, -0.2) is 8.78 Å². The average Bonchev–Trinajstić information content (AvgIpc) is 2.87. The topological polar surface area (TPSA) is 34.1 Å². The minimum Gasteiger partial charge on any atom is -0.289 e. The summed E-state index contributed by atoms with van der Waals surface area (Å²) in [5, 5.41) is 0. The standard InChI is InChI=1S/2C15H10BrFO/c2*16-13-7-5-12(6-8-13)15(18)9-4-11-2-1-3-14(17)10-11/h2*1-10H/b2*9-4+. The van der Waals surface area contributed by atoms with Crippen molar-refractivity contribution in [2.24, 2.45) is 0 Å². The summed E-state index contributed by atoms with van der Waals surface area (Å²) in [6.45, 7) is 0. The number of hydrogen-bond acceptors (Lipinski definition) is 2. The van der Waals surface area contributed by atoms with Crippen molar-refractivity contribution in [1.29, 1.82) is 0 Å². The number of ketones is 2. The third-order valence-electron chi connectivity index (χ3n) is 4.81. The molecule has 4 aromatic carbocycles. The molecule has 6 heteroatoms. The fourth-order valence-corrected chi connectivity index (χ4v) is 3.51. The summed E-state index contributed by atoms with van der Waals surface area (Å²) < 4.78 is 27.7. The Morgan fingerprint density at radius 1 is 0.556 bits per heavy atom. The third-order valence-corrected chi connectivity index (χ3v) is 5.87. The summed E-state index contributed by atoms with van der Waals surface area (Å²) in [6.07, 6.45) is 6.09. The molecular weight excluding hydrogens is 590 g/mol. The van der Waals surface area contributed by atoms with E-state index in [4.69, 9.17) is 0 Å². The first-order valence-electron chi connectivity index (χ1n) is 10.8. The number of benzene rings is 4. The predicted molar refractivity (Wildman–Crippen MR) is 148 cm³/mol. The molecule has 0 aliphatic carbocycles. The summed E-state index contributed by atoms with van der Waals surface area (Å²) in [6, 6.07) is 26.4. The van der Waals surface area contributed by atoms with Crippen LogP contribution in [0.15, 0.2) is 118 Å². The summed E-state index contributed by atoms with van der Waals surface area (Å²) in [7, 11) is 0. The van der Waals surface area contributed by atoms with Gasteiger partial charge in [0, 0.05) is 20.1 Å². The highest BCUT2D eigenvalue weighted by molar-refractivity contribution is 9.10. The summed E-state index contributed by atoms with van der Waals surface area (Å²) >= 11 is 6.61. The molecule has 0 aliphatic heterocycles. The van der Waals surface area contributed by atoms with Gasteiger partial charge in [0.2, 0.25) is 0 Å². The molecule has 4 rings (SSSR count). The Kier molecular flexibility index (Phi) is 10.2. The van der Waals surface area contributed by atoms with Gasteiger partial charge in [0.15, 0.2) is 11.6 Å². The van der Waals surface area contributed by atoms with Crippen LogP contribution in [-0.2, 0) is 0 Å².